The standard InChI is InChI=1S/C12H13N3O/c1-15(2)7-5-11(16)10-8-14-12-9(10)4-3-6-13-12/h3-8H,1-2H3,(H,13,14)/b7-5-. The van der Waals surface area contributed by atoms with Gasteiger partial charge in [0.15, 0.2) is 5.78 Å². The number of nitrogens with zero attached hydrogens (tertiary/aromatic N) is 2. The van der Waals surface area contributed by atoms with Gasteiger partial charge in [-0.1, -0.05) is 0 Å². The van der Waals surface area contributed by atoms with Gasteiger partial charge in [0.1, 0.15) is 5.65 Å². The number of hydrogen-bond donors (Lipinski definition) is 1. The van der Waals surface area contributed by atoms with Crippen LogP contribution in [0.3, 0.4) is 0 Å². The van der Waals surface area contributed by atoms with Crippen molar-refractivity contribution in [3.63, 3.8) is 0 Å². The Kier molecular flexibility index (Phi) is 2.72. The van der Waals surface area contributed by atoms with E-state index in [0.29, 0.717) is 5.56 Å². The van der Waals surface area contributed by atoms with Crippen molar-refractivity contribution in [2.75, 3.05) is 14.1 Å². The number of nitrogens with one attached hydrogen (secondary N) is 1. The number of rotatable bonds is 3. The summed E-state index contributed by atoms with van der Waals surface area (Å²) < 4.78 is 0. The summed E-state index contributed by atoms with van der Waals surface area (Å²) in [6.45, 7) is 0. The number of H-pyrrole nitrogens is 1. The molecule has 2 aromatic heterocycles. The molecule has 2 rings (SSSR count). The van der Waals surface area contributed by atoms with E-state index in [-0.39, 0.29) is 5.78 Å². The highest BCUT2D eigenvalue weighted by Gasteiger charge is 2.09. The highest BCUT2D eigenvalue weighted by molar-refractivity contribution is 6.12. The first-order valence-electron chi connectivity index (χ1n) is 4.99. The Balaban J connectivity index is 2.37. The molecule has 0 unspecified atom stereocenters. The van der Waals surface area contributed by atoms with Crippen LogP contribution in [-0.2, 0) is 0 Å². The van der Waals surface area contributed by atoms with E-state index in [2.05, 4.69) is 9.97 Å². The summed E-state index contributed by atoms with van der Waals surface area (Å²) >= 11 is 0. The number of carbonyl (C=O) groups excluding carboxylic acids is 1. The maximum absolute atomic E-state index is 11.9. The number of ketones is 1. The summed E-state index contributed by atoms with van der Waals surface area (Å²) in [5.74, 6) is -0.0204. The average molecular weight is 215 g/mol. The Morgan fingerprint density at radius 2 is 2.31 bits per heavy atom. The molecule has 2 heterocycles. The molecule has 0 saturated heterocycles. The lowest BCUT2D eigenvalue weighted by Crippen LogP contribution is -2.02. The third kappa shape index (κ3) is 1.95. The van der Waals surface area contributed by atoms with Crippen LogP contribution in [0.2, 0.25) is 0 Å². The number of hydrogen-bond acceptors (Lipinski definition) is 3. The number of aromatic amines is 1. The van der Waals surface area contributed by atoms with Gasteiger partial charge in [-0.3, -0.25) is 4.79 Å². The first kappa shape index (κ1) is 10.4. The fourth-order valence-electron chi connectivity index (χ4n) is 1.47. The molecule has 4 nitrogen and oxygen atoms in total. The second-order valence-corrected chi connectivity index (χ2v) is 3.75. The minimum absolute atomic E-state index is 0.0204. The van der Waals surface area contributed by atoms with Gasteiger partial charge in [0.25, 0.3) is 0 Å². The molecule has 1 N–H and O–H groups in total. The lowest BCUT2D eigenvalue weighted by molar-refractivity contribution is 0.104. The predicted octanol–water partition coefficient (Wildman–Crippen LogP) is 1.82. The molecule has 82 valence electrons. The molecule has 0 amide bonds. The van der Waals surface area contributed by atoms with Crippen LogP contribution in [0, 0.1) is 0 Å². The van der Waals surface area contributed by atoms with Gasteiger partial charge in [0, 0.05) is 49.7 Å². The third-order valence-electron chi connectivity index (χ3n) is 2.24. The Bertz CT molecular complexity index is 540. The summed E-state index contributed by atoms with van der Waals surface area (Å²) in [5.41, 5.74) is 1.39. The molecule has 0 atom stereocenters. The molecule has 4 heteroatoms. The second-order valence-electron chi connectivity index (χ2n) is 3.75. The maximum atomic E-state index is 11.9. The zero-order valence-electron chi connectivity index (χ0n) is 9.27. The molecule has 0 bridgehead atoms. The fourth-order valence-corrected chi connectivity index (χ4v) is 1.47. The van der Waals surface area contributed by atoms with Gasteiger partial charge in [-0.15, -0.1) is 0 Å². The summed E-state index contributed by atoms with van der Waals surface area (Å²) in [7, 11) is 3.75. The Labute approximate surface area is 93.6 Å². The van der Waals surface area contributed by atoms with Crippen LogP contribution in [0.1, 0.15) is 10.4 Å². The van der Waals surface area contributed by atoms with Crippen LogP contribution in [0.4, 0.5) is 0 Å². The van der Waals surface area contributed by atoms with Crippen molar-refractivity contribution in [3.8, 4) is 0 Å². The second kappa shape index (κ2) is 4.18. The molecule has 0 aliphatic rings. The van der Waals surface area contributed by atoms with Crippen molar-refractivity contribution < 1.29 is 4.79 Å². The van der Waals surface area contributed by atoms with E-state index in [4.69, 9.17) is 0 Å². The highest BCUT2D eigenvalue weighted by Crippen LogP contribution is 2.16. The summed E-state index contributed by atoms with van der Waals surface area (Å²) in [6.07, 6.45) is 6.68. The summed E-state index contributed by atoms with van der Waals surface area (Å²) in [6, 6.07) is 3.71. The van der Waals surface area contributed by atoms with Gasteiger partial charge in [0.2, 0.25) is 0 Å². The maximum Gasteiger partial charge on any atom is 0.189 e. The van der Waals surface area contributed by atoms with Gasteiger partial charge < -0.3 is 9.88 Å². The number of aromatic nitrogens is 2. The molecular weight excluding hydrogens is 202 g/mol. The lowest BCUT2D eigenvalue weighted by Gasteiger charge is -2.02. The van der Waals surface area contributed by atoms with Crippen LogP contribution in [0.15, 0.2) is 36.8 Å². The van der Waals surface area contributed by atoms with E-state index in [9.17, 15) is 4.79 Å². The van der Waals surface area contributed by atoms with E-state index in [1.807, 2.05) is 31.1 Å². The Hall–Kier alpha value is -2.10. The molecular formula is C12H13N3O. The molecule has 0 fully saturated rings. The zero-order chi connectivity index (χ0) is 11.5. The van der Waals surface area contributed by atoms with Gasteiger partial charge >= 0.3 is 0 Å². The van der Waals surface area contributed by atoms with E-state index in [0.717, 1.165) is 11.0 Å². The molecule has 0 aromatic carbocycles. The smallest absolute Gasteiger partial charge is 0.189 e. The Morgan fingerprint density at radius 1 is 1.50 bits per heavy atom. The van der Waals surface area contributed by atoms with Crippen molar-refractivity contribution in [3.05, 3.63) is 42.4 Å². The summed E-state index contributed by atoms with van der Waals surface area (Å²) in [4.78, 5) is 20.8. The molecule has 0 spiro atoms. The van der Waals surface area contributed by atoms with E-state index in [1.165, 1.54) is 0 Å². The van der Waals surface area contributed by atoms with Crippen molar-refractivity contribution in [1.82, 2.24) is 14.9 Å². The molecule has 16 heavy (non-hydrogen) atoms. The SMILES string of the molecule is CN(C)/C=C\C(=O)c1c[nH]c2ncccc12. The van der Waals surface area contributed by atoms with Crippen molar-refractivity contribution in [2.45, 2.75) is 0 Å². The zero-order valence-corrected chi connectivity index (χ0v) is 9.27. The minimum Gasteiger partial charge on any atom is -0.383 e. The third-order valence-corrected chi connectivity index (χ3v) is 2.24. The van der Waals surface area contributed by atoms with Crippen LogP contribution in [-0.4, -0.2) is 34.7 Å². The number of carbonyl (C=O) groups is 1. The monoisotopic (exact) mass is 215 g/mol. The number of allylic oxidation sites excluding steroid dienone is 1. The van der Waals surface area contributed by atoms with E-state index >= 15 is 0 Å². The van der Waals surface area contributed by atoms with Gasteiger partial charge in [-0.25, -0.2) is 4.98 Å². The molecule has 0 radical (unpaired) electrons. The number of pyridine rings is 1. The van der Waals surface area contributed by atoms with Crippen LogP contribution in [0.5, 0.6) is 0 Å². The molecule has 0 aliphatic heterocycles. The van der Waals surface area contributed by atoms with Crippen LogP contribution in [0.25, 0.3) is 11.0 Å². The molecule has 0 saturated carbocycles. The van der Waals surface area contributed by atoms with Crippen molar-refractivity contribution in [1.29, 1.82) is 0 Å². The first-order valence-corrected chi connectivity index (χ1v) is 4.99. The normalized spacial score (nSPS) is 11.1. The van der Waals surface area contributed by atoms with Crippen molar-refractivity contribution >= 4 is 16.8 Å². The number of fused-ring (bicyclic) bond motifs is 1. The largest absolute Gasteiger partial charge is 0.383 e. The van der Waals surface area contributed by atoms with E-state index < -0.39 is 0 Å². The quantitative estimate of drug-likeness (QED) is 0.627. The summed E-state index contributed by atoms with van der Waals surface area (Å²) in [5, 5.41) is 0.857. The van der Waals surface area contributed by atoms with Gasteiger partial charge in [-0.05, 0) is 12.1 Å². The van der Waals surface area contributed by atoms with Crippen molar-refractivity contribution in [2.24, 2.45) is 0 Å². The molecule has 0 aliphatic carbocycles. The first-order chi connectivity index (χ1) is 7.68. The minimum atomic E-state index is -0.0204. The average Bonchev–Trinajstić information content (AvgIpc) is 2.69. The van der Waals surface area contributed by atoms with Gasteiger partial charge in [-0.2, -0.15) is 0 Å². The Morgan fingerprint density at radius 3 is 3.06 bits per heavy atom. The van der Waals surface area contributed by atoms with E-state index in [1.54, 1.807) is 24.7 Å². The fraction of sp³-hybridized carbons (Fsp3) is 0.167. The van der Waals surface area contributed by atoms with Gasteiger partial charge in [0.05, 0.1) is 0 Å². The topological polar surface area (TPSA) is 49.0 Å². The predicted molar refractivity (Wildman–Crippen MR) is 63.3 cm³/mol. The highest BCUT2D eigenvalue weighted by atomic mass is 16.1. The lowest BCUT2D eigenvalue weighted by atomic mass is 10.1. The van der Waals surface area contributed by atoms with Crippen LogP contribution >= 0.6 is 0 Å². The van der Waals surface area contributed by atoms with Crippen LogP contribution < -0.4 is 0 Å². The molecule has 2 aromatic rings.